The van der Waals surface area contributed by atoms with Crippen LogP contribution in [0.1, 0.15) is 12.0 Å². The summed E-state index contributed by atoms with van der Waals surface area (Å²) >= 11 is 7.67. The Hall–Kier alpha value is -1.32. The first-order valence-corrected chi connectivity index (χ1v) is 7.89. The predicted molar refractivity (Wildman–Crippen MR) is 87.9 cm³/mol. The fourth-order valence-corrected chi connectivity index (χ4v) is 2.93. The van der Waals surface area contributed by atoms with Crippen LogP contribution < -0.4 is 10.5 Å². The summed E-state index contributed by atoms with van der Waals surface area (Å²) in [6, 6.07) is 13.6. The molecule has 2 rings (SSSR count). The number of nitrogens with two attached hydrogens (primary N) is 1. The van der Waals surface area contributed by atoms with Crippen LogP contribution >= 0.6 is 23.4 Å². The number of ether oxygens (including phenoxy) is 1. The summed E-state index contributed by atoms with van der Waals surface area (Å²) in [4.78, 5) is 1.04. The third kappa shape index (κ3) is 4.66. The van der Waals surface area contributed by atoms with E-state index in [1.165, 1.54) is 5.56 Å². The lowest BCUT2D eigenvalue weighted by Gasteiger charge is -2.08. The molecule has 2 nitrogen and oxygen atoms in total. The standard InChI is InChI=1S/C16H18ClNOS/c1-12-4-2-5-14(10-12)19-8-3-9-20-16-11-13(17)6-7-15(16)18/h2,4-7,10-11H,3,8-9,18H2,1H3. The Bertz CT molecular complexity index is 574. The summed E-state index contributed by atoms with van der Waals surface area (Å²) in [5.74, 6) is 1.88. The van der Waals surface area contributed by atoms with Crippen LogP contribution in [0.5, 0.6) is 5.75 Å². The fourth-order valence-electron chi connectivity index (χ4n) is 1.77. The molecule has 0 aromatic heterocycles. The van der Waals surface area contributed by atoms with Crippen molar-refractivity contribution < 1.29 is 4.74 Å². The highest BCUT2D eigenvalue weighted by atomic mass is 35.5. The molecule has 106 valence electrons. The van der Waals surface area contributed by atoms with Crippen molar-refractivity contribution >= 4 is 29.1 Å². The topological polar surface area (TPSA) is 35.2 Å². The number of hydrogen-bond donors (Lipinski definition) is 1. The first kappa shape index (κ1) is 15.1. The van der Waals surface area contributed by atoms with E-state index in [0.717, 1.165) is 33.5 Å². The van der Waals surface area contributed by atoms with E-state index in [1.54, 1.807) is 11.8 Å². The van der Waals surface area contributed by atoms with Crippen LogP contribution in [0.3, 0.4) is 0 Å². The second kappa shape index (κ2) is 7.46. The number of thioether (sulfide) groups is 1. The van der Waals surface area contributed by atoms with Crippen LogP contribution in [0.2, 0.25) is 5.02 Å². The van der Waals surface area contributed by atoms with E-state index in [2.05, 4.69) is 13.0 Å². The minimum absolute atomic E-state index is 0.705. The van der Waals surface area contributed by atoms with E-state index < -0.39 is 0 Å². The maximum absolute atomic E-state index is 5.96. The highest BCUT2D eigenvalue weighted by molar-refractivity contribution is 7.99. The molecular weight excluding hydrogens is 290 g/mol. The van der Waals surface area contributed by atoms with Crippen LogP contribution in [-0.4, -0.2) is 12.4 Å². The van der Waals surface area contributed by atoms with Crippen LogP contribution in [0.4, 0.5) is 5.69 Å². The van der Waals surface area contributed by atoms with Gasteiger partial charge in [-0.05, 0) is 49.2 Å². The zero-order valence-corrected chi connectivity index (χ0v) is 13.0. The average Bonchev–Trinajstić information content (AvgIpc) is 2.42. The van der Waals surface area contributed by atoms with Crippen molar-refractivity contribution in [1.29, 1.82) is 0 Å². The number of rotatable bonds is 6. The first-order valence-electron chi connectivity index (χ1n) is 6.52. The summed E-state index contributed by atoms with van der Waals surface area (Å²) in [5.41, 5.74) is 7.89. The van der Waals surface area contributed by atoms with E-state index in [1.807, 2.05) is 36.4 Å². The SMILES string of the molecule is Cc1cccc(OCCCSc2cc(Cl)ccc2N)c1. The molecule has 0 unspecified atom stereocenters. The molecule has 2 aromatic rings. The van der Waals surface area contributed by atoms with Gasteiger partial charge in [-0.15, -0.1) is 11.8 Å². The summed E-state index contributed by atoms with van der Waals surface area (Å²) < 4.78 is 5.71. The van der Waals surface area contributed by atoms with E-state index in [9.17, 15) is 0 Å². The van der Waals surface area contributed by atoms with Gasteiger partial charge in [0.05, 0.1) is 6.61 Å². The number of halogens is 1. The van der Waals surface area contributed by atoms with Crippen LogP contribution in [-0.2, 0) is 0 Å². The Morgan fingerprint density at radius 1 is 1.20 bits per heavy atom. The van der Waals surface area contributed by atoms with Crippen molar-refractivity contribution in [1.82, 2.24) is 0 Å². The second-order valence-corrected chi connectivity index (χ2v) is 6.12. The van der Waals surface area contributed by atoms with Gasteiger partial charge in [-0.1, -0.05) is 23.7 Å². The number of benzene rings is 2. The van der Waals surface area contributed by atoms with Crippen molar-refractivity contribution in [3.8, 4) is 5.75 Å². The zero-order valence-electron chi connectivity index (χ0n) is 11.4. The van der Waals surface area contributed by atoms with Gasteiger partial charge >= 0.3 is 0 Å². The molecule has 2 N–H and O–H groups in total. The molecule has 0 aliphatic heterocycles. The maximum atomic E-state index is 5.96. The van der Waals surface area contributed by atoms with E-state index in [-0.39, 0.29) is 0 Å². The number of anilines is 1. The first-order chi connectivity index (χ1) is 9.65. The Morgan fingerprint density at radius 3 is 2.85 bits per heavy atom. The molecule has 0 aliphatic carbocycles. The largest absolute Gasteiger partial charge is 0.494 e. The molecule has 4 heteroatoms. The molecule has 0 bridgehead atoms. The maximum Gasteiger partial charge on any atom is 0.119 e. The molecule has 0 aliphatic rings. The summed E-state index contributed by atoms with van der Waals surface area (Å²) in [5, 5.41) is 0.720. The fraction of sp³-hybridized carbons (Fsp3) is 0.250. The van der Waals surface area contributed by atoms with Gasteiger partial charge in [0, 0.05) is 21.4 Å². The lowest BCUT2D eigenvalue weighted by molar-refractivity contribution is 0.318. The van der Waals surface area contributed by atoms with Gasteiger partial charge < -0.3 is 10.5 Å². The molecule has 0 fully saturated rings. The Balaban J connectivity index is 1.73. The van der Waals surface area contributed by atoms with Crippen LogP contribution in [0.25, 0.3) is 0 Å². The van der Waals surface area contributed by atoms with Crippen molar-refractivity contribution in [2.75, 3.05) is 18.1 Å². The quantitative estimate of drug-likeness (QED) is 0.473. The van der Waals surface area contributed by atoms with Crippen LogP contribution in [0, 0.1) is 6.92 Å². The number of aryl methyl sites for hydroxylation is 1. The number of nitrogen functional groups attached to an aromatic ring is 1. The lowest BCUT2D eigenvalue weighted by Crippen LogP contribution is -1.99. The van der Waals surface area contributed by atoms with Gasteiger partial charge in [0.1, 0.15) is 5.75 Å². The summed E-state index contributed by atoms with van der Waals surface area (Å²) in [6.07, 6.45) is 0.963. The Kier molecular flexibility index (Phi) is 5.62. The van der Waals surface area contributed by atoms with Crippen molar-refractivity contribution in [3.63, 3.8) is 0 Å². The molecule has 0 spiro atoms. The van der Waals surface area contributed by atoms with Crippen molar-refractivity contribution in [2.45, 2.75) is 18.2 Å². The average molecular weight is 308 g/mol. The van der Waals surface area contributed by atoms with Gasteiger partial charge in [-0.3, -0.25) is 0 Å². The molecule has 0 saturated heterocycles. The summed E-state index contributed by atoms with van der Waals surface area (Å²) in [7, 11) is 0. The molecular formula is C16H18ClNOS. The second-order valence-electron chi connectivity index (χ2n) is 4.55. The minimum Gasteiger partial charge on any atom is -0.494 e. The molecule has 20 heavy (non-hydrogen) atoms. The zero-order chi connectivity index (χ0) is 14.4. The van der Waals surface area contributed by atoms with Gasteiger partial charge in [0.25, 0.3) is 0 Å². The molecule has 2 aromatic carbocycles. The molecule has 0 amide bonds. The van der Waals surface area contributed by atoms with Crippen molar-refractivity contribution in [3.05, 3.63) is 53.1 Å². The monoisotopic (exact) mass is 307 g/mol. The molecule has 0 heterocycles. The molecule has 0 atom stereocenters. The Labute approximate surface area is 129 Å². The van der Waals surface area contributed by atoms with Gasteiger partial charge in [0.2, 0.25) is 0 Å². The van der Waals surface area contributed by atoms with Gasteiger partial charge in [-0.25, -0.2) is 0 Å². The highest BCUT2D eigenvalue weighted by Crippen LogP contribution is 2.28. The molecule has 0 radical (unpaired) electrons. The smallest absolute Gasteiger partial charge is 0.119 e. The van der Waals surface area contributed by atoms with E-state index >= 15 is 0 Å². The third-order valence-electron chi connectivity index (χ3n) is 2.78. The van der Waals surface area contributed by atoms with Gasteiger partial charge in [0.15, 0.2) is 0 Å². The normalized spacial score (nSPS) is 10.5. The van der Waals surface area contributed by atoms with E-state index in [4.69, 9.17) is 22.1 Å². The lowest BCUT2D eigenvalue weighted by atomic mass is 10.2. The van der Waals surface area contributed by atoms with Crippen LogP contribution in [0.15, 0.2) is 47.4 Å². The number of hydrogen-bond acceptors (Lipinski definition) is 3. The Morgan fingerprint density at radius 2 is 2.05 bits per heavy atom. The minimum atomic E-state index is 0.705. The van der Waals surface area contributed by atoms with E-state index in [0.29, 0.717) is 6.61 Å². The highest BCUT2D eigenvalue weighted by Gasteiger charge is 2.01. The molecule has 0 saturated carbocycles. The van der Waals surface area contributed by atoms with Crippen molar-refractivity contribution in [2.24, 2.45) is 0 Å². The third-order valence-corrected chi connectivity index (χ3v) is 4.17. The predicted octanol–water partition coefficient (Wildman–Crippen LogP) is 4.79. The summed E-state index contributed by atoms with van der Waals surface area (Å²) in [6.45, 7) is 2.77. The van der Waals surface area contributed by atoms with Gasteiger partial charge in [-0.2, -0.15) is 0 Å².